The molecule has 0 aliphatic carbocycles. The summed E-state index contributed by atoms with van der Waals surface area (Å²) < 4.78 is 28.5. The van der Waals surface area contributed by atoms with Crippen molar-refractivity contribution < 1.29 is 72.3 Å². The molecular formula is C93H96N6O15. The van der Waals surface area contributed by atoms with Gasteiger partial charge in [0, 0.05) is 84.9 Å². The third-order valence-electron chi connectivity index (χ3n) is 22.1. The van der Waals surface area contributed by atoms with Crippen molar-refractivity contribution in [2.45, 2.75) is 156 Å². The molecule has 19 rings (SSSR count). The number of nitrogens with one attached hydrogen (secondary N) is 1. The Labute approximate surface area is 664 Å². The van der Waals surface area contributed by atoms with Crippen LogP contribution in [-0.2, 0) is 28.5 Å². The first-order chi connectivity index (χ1) is 55.3. The van der Waals surface area contributed by atoms with Crippen molar-refractivity contribution in [1.82, 2.24) is 29.8 Å². The number of β-amino-alcohol motifs (C(OH)–C–C–N with tert-alkyl or cyclic N) is 2. The standard InChI is InChI=1S/2C18H17NO3.C18H17NO2.C16H21NO3.C12H11NO3.C11H13NO/c2*20-15-11-16(17(21)13-7-3-1-4-8-13)19(12-15)18(22)14-9-5-2-6-10-14;20-18(14-9-5-2-6-10-14)19-12-15-11-16(19)17(21-15)13-7-3-1-4-8-13;1-16(2,3)20-15(18)17-10-12-9-13(17)14(19-12)11-7-5-4-6-8-11;14-11(8-4-2-1-3-5-8)13-7-9-6-10(13)12(15)16-9;1-2-4-8(5-3-1)11-10-6-9(13-11)7-12-10/h2*1-10,15-16,20H,11-12H2;1-10,15-17H,11-12H2;4-8,12-14H,9-10H2,1-3H3;1-5,9-10H,6-7H2;1-5,9-12H,6-7H2. The molecule has 0 aromatic heterocycles. The van der Waals surface area contributed by atoms with Gasteiger partial charge in [-0.05, 0) is 105 Å². The number of aliphatic hydroxyl groups excluding tert-OH is 2. The van der Waals surface area contributed by atoms with Crippen LogP contribution in [-0.4, -0.2) is 200 Å². The van der Waals surface area contributed by atoms with Gasteiger partial charge in [-0.25, -0.2) is 9.59 Å². The number of amides is 5. The van der Waals surface area contributed by atoms with Gasteiger partial charge in [-0.2, -0.15) is 0 Å². The van der Waals surface area contributed by atoms with Gasteiger partial charge in [0.1, 0.15) is 30.0 Å². The van der Waals surface area contributed by atoms with Crippen molar-refractivity contribution in [3.05, 3.63) is 323 Å². The summed E-state index contributed by atoms with van der Waals surface area (Å²) in [4.78, 5) is 107. The summed E-state index contributed by atoms with van der Waals surface area (Å²) in [5.41, 5.74) is 6.72. The quantitative estimate of drug-likeness (QED) is 0.0804. The number of carbonyl (C=O) groups excluding carboxylic acids is 8. The topological polar surface area (TPSA) is 251 Å². The lowest BCUT2D eigenvalue weighted by Gasteiger charge is -2.34. The zero-order chi connectivity index (χ0) is 79.4. The van der Waals surface area contributed by atoms with Crippen LogP contribution in [0.15, 0.2) is 273 Å². The lowest BCUT2D eigenvalue weighted by atomic mass is 10.0. The van der Waals surface area contributed by atoms with Crippen molar-refractivity contribution in [3.8, 4) is 0 Å². The van der Waals surface area contributed by atoms with Crippen LogP contribution in [0.5, 0.6) is 0 Å². The Morgan fingerprint density at radius 3 is 1.03 bits per heavy atom. The smallest absolute Gasteiger partial charge is 0.410 e. The molecule has 21 nitrogen and oxygen atoms in total. The van der Waals surface area contributed by atoms with Crippen LogP contribution in [0.3, 0.4) is 0 Å². The van der Waals surface area contributed by atoms with Crippen molar-refractivity contribution in [3.63, 3.8) is 0 Å². The van der Waals surface area contributed by atoms with E-state index < -0.39 is 29.9 Å². The number of hydrogen-bond acceptors (Lipinski definition) is 16. The summed E-state index contributed by atoms with van der Waals surface area (Å²) in [5, 5.41) is 23.3. The zero-order valence-electron chi connectivity index (χ0n) is 64.1. The minimum absolute atomic E-state index is 0.0117. The second kappa shape index (κ2) is 36.2. The second-order valence-electron chi connectivity index (χ2n) is 31.1. The maximum atomic E-state index is 12.7. The van der Waals surface area contributed by atoms with Gasteiger partial charge in [-0.3, -0.25) is 33.7 Å². The number of fused-ring (bicyclic) bond motifs is 8. The van der Waals surface area contributed by atoms with Crippen LogP contribution in [0.25, 0.3) is 0 Å². The first-order valence-corrected chi connectivity index (χ1v) is 39.3. The number of Topliss-reactive ketones (excluding diaryl/α,β-unsaturated/α-hetero) is 2. The number of likely N-dealkylation sites (tertiary alicyclic amines) is 5. The summed E-state index contributed by atoms with van der Waals surface area (Å²) in [6.45, 7) is 8.98. The van der Waals surface area contributed by atoms with E-state index in [1.165, 1.54) is 21.8 Å². The van der Waals surface area contributed by atoms with E-state index in [-0.39, 0.29) is 122 Å². The monoisotopic (exact) mass is 1540 g/mol. The number of hydrogen-bond donors (Lipinski definition) is 3. The first-order valence-electron chi connectivity index (χ1n) is 39.3. The summed E-state index contributed by atoms with van der Waals surface area (Å²) in [6.07, 6.45) is 3.64. The Balaban J connectivity index is 0.000000114. The first kappa shape index (κ1) is 79.3. The van der Waals surface area contributed by atoms with Gasteiger partial charge in [0.15, 0.2) is 11.6 Å². The molecule has 0 spiro atoms. The molecule has 8 bridgehead atoms. The minimum Gasteiger partial charge on any atom is -0.459 e. The molecule has 9 aromatic rings. The molecule has 0 saturated carbocycles. The molecule has 10 aliphatic rings. The molecule has 15 atom stereocenters. The lowest BCUT2D eigenvalue weighted by Crippen LogP contribution is -2.45. The molecule has 5 amide bonds. The van der Waals surface area contributed by atoms with Crippen molar-refractivity contribution >= 4 is 47.3 Å². The summed E-state index contributed by atoms with van der Waals surface area (Å²) in [7, 11) is 0. The normalized spacial score (nSPS) is 26.1. The highest BCUT2D eigenvalue weighted by atomic mass is 16.6. The fourth-order valence-electron chi connectivity index (χ4n) is 16.7. The Hall–Kier alpha value is -11.3. The van der Waals surface area contributed by atoms with Crippen LogP contribution in [0, 0.1) is 0 Å². The second-order valence-corrected chi connectivity index (χ2v) is 31.1. The molecular weight excluding hydrogens is 1440 g/mol. The molecule has 114 heavy (non-hydrogen) atoms. The average molecular weight is 1540 g/mol. The summed E-state index contributed by atoms with van der Waals surface area (Å²) in [5.74, 6) is -0.904. The maximum absolute atomic E-state index is 12.7. The highest BCUT2D eigenvalue weighted by Gasteiger charge is 2.52. The molecule has 588 valence electrons. The Morgan fingerprint density at radius 2 is 0.684 bits per heavy atom. The van der Waals surface area contributed by atoms with Crippen molar-refractivity contribution in [1.29, 1.82) is 0 Å². The average Bonchev–Trinajstić information content (AvgIpc) is 1.62. The maximum Gasteiger partial charge on any atom is 0.410 e. The Morgan fingerprint density at radius 1 is 0.360 bits per heavy atom. The largest absolute Gasteiger partial charge is 0.459 e. The van der Waals surface area contributed by atoms with Gasteiger partial charge in [-0.15, -0.1) is 0 Å². The third kappa shape index (κ3) is 18.8. The lowest BCUT2D eigenvalue weighted by molar-refractivity contribution is -0.149. The van der Waals surface area contributed by atoms with Crippen LogP contribution < -0.4 is 5.32 Å². The number of rotatable bonds is 11. The SMILES string of the molecule is CC(C)(C)OC(=O)N1CC2CC1C(c1ccccc1)O2.O=C(c1ccccc1)C1CC(O)CN1C(=O)c1ccccc1.O=C(c1ccccc1)C1CC(O)CN1C(=O)c1ccccc1.O=C(c1ccccc1)N1CC2CC1C(c1ccccc1)O2.O=C1OC2CC1N(C(=O)c1ccccc1)C2.c1ccc(C2OC3CNC2C3)cc1. The van der Waals surface area contributed by atoms with E-state index in [2.05, 4.69) is 53.8 Å². The van der Waals surface area contributed by atoms with Gasteiger partial charge >= 0.3 is 12.1 Å². The van der Waals surface area contributed by atoms with Crippen LogP contribution in [0.4, 0.5) is 4.79 Å². The Kier molecular flexibility index (Phi) is 25.2. The number of aliphatic hydroxyl groups is 2. The van der Waals surface area contributed by atoms with Crippen LogP contribution in [0.1, 0.15) is 156 Å². The number of nitrogens with zero attached hydrogens (tertiary/aromatic N) is 5. The fourth-order valence-corrected chi connectivity index (χ4v) is 16.7. The van der Waals surface area contributed by atoms with Crippen molar-refractivity contribution in [2.24, 2.45) is 0 Å². The van der Waals surface area contributed by atoms with Gasteiger partial charge < -0.3 is 58.8 Å². The fraction of sp³-hybridized carbons (Fsp3) is 0.333. The summed E-state index contributed by atoms with van der Waals surface area (Å²) in [6, 6.07) is 84.0. The van der Waals surface area contributed by atoms with Crippen molar-refractivity contribution in [2.75, 3.05) is 39.3 Å². The predicted octanol–water partition coefficient (Wildman–Crippen LogP) is 12.8. The highest BCUT2D eigenvalue weighted by Crippen LogP contribution is 2.45. The molecule has 10 saturated heterocycles. The van der Waals surface area contributed by atoms with Gasteiger partial charge in [0.2, 0.25) is 0 Å². The molecule has 10 heterocycles. The van der Waals surface area contributed by atoms with Crippen LogP contribution in [0.2, 0.25) is 0 Å². The van der Waals surface area contributed by atoms with Gasteiger partial charge in [0.05, 0.1) is 73.9 Å². The van der Waals surface area contributed by atoms with E-state index in [1.807, 2.05) is 146 Å². The third-order valence-corrected chi connectivity index (χ3v) is 22.1. The molecule has 0 radical (unpaired) electrons. The van der Waals surface area contributed by atoms with Crippen LogP contribution >= 0.6 is 0 Å². The number of ketones is 2. The Bertz CT molecular complexity index is 4510. The predicted molar refractivity (Wildman–Crippen MR) is 427 cm³/mol. The van der Waals surface area contributed by atoms with E-state index in [0.29, 0.717) is 72.1 Å². The number of ether oxygens (including phenoxy) is 5. The van der Waals surface area contributed by atoms with Gasteiger partial charge in [-0.1, -0.05) is 224 Å². The van der Waals surface area contributed by atoms with E-state index in [4.69, 9.17) is 23.7 Å². The highest BCUT2D eigenvalue weighted by molar-refractivity contribution is 6.06. The number of benzene rings is 9. The molecule has 10 aliphatic heterocycles. The van der Waals surface area contributed by atoms with E-state index >= 15 is 0 Å². The number of carbonyl (C=O) groups is 8. The summed E-state index contributed by atoms with van der Waals surface area (Å²) >= 11 is 0. The molecule has 9 aromatic carbocycles. The molecule has 15 unspecified atom stereocenters. The zero-order valence-corrected chi connectivity index (χ0v) is 64.1. The van der Waals surface area contributed by atoms with E-state index in [1.54, 1.807) is 114 Å². The molecule has 10 fully saturated rings. The minimum atomic E-state index is -0.662. The number of esters is 1. The number of morpholine rings is 4. The van der Waals surface area contributed by atoms with E-state index in [9.17, 15) is 48.6 Å². The molecule has 21 heteroatoms. The van der Waals surface area contributed by atoms with E-state index in [0.717, 1.165) is 36.1 Å². The van der Waals surface area contributed by atoms with Gasteiger partial charge in [0.25, 0.3) is 23.6 Å². The molecule has 3 N–H and O–H groups in total.